The molecule has 6 nitrogen and oxygen atoms in total. The lowest BCUT2D eigenvalue weighted by Crippen LogP contribution is -2.48. The number of nitrogens with one attached hydrogen (secondary N) is 1. The van der Waals surface area contributed by atoms with Crippen molar-refractivity contribution in [3.05, 3.63) is 34.3 Å². The Hall–Kier alpha value is -1.12. The lowest BCUT2D eigenvalue weighted by atomic mass is 10.0. The number of rotatable bonds is 4. The minimum atomic E-state index is -3.36. The van der Waals surface area contributed by atoms with E-state index in [1.165, 1.54) is 0 Å². The van der Waals surface area contributed by atoms with Crippen molar-refractivity contribution in [2.24, 2.45) is 0 Å². The summed E-state index contributed by atoms with van der Waals surface area (Å²) in [6, 6.07) is 7.17. The van der Waals surface area contributed by atoms with Gasteiger partial charge in [0.15, 0.2) is 0 Å². The first kappa shape index (κ1) is 20.2. The summed E-state index contributed by atoms with van der Waals surface area (Å²) in [5.41, 5.74) is 0.426. The highest BCUT2D eigenvalue weighted by atomic mass is 79.9. The van der Waals surface area contributed by atoms with E-state index in [1.807, 2.05) is 45.0 Å². The van der Waals surface area contributed by atoms with Gasteiger partial charge in [0.05, 0.1) is 12.3 Å². The van der Waals surface area contributed by atoms with Crippen molar-refractivity contribution in [2.75, 3.05) is 12.8 Å². The molecular formula is C17H25BrN2O4S. The number of likely N-dealkylation sites (tertiary alicyclic amines) is 1. The van der Waals surface area contributed by atoms with E-state index in [-0.39, 0.29) is 12.1 Å². The monoisotopic (exact) mass is 432 g/mol. The van der Waals surface area contributed by atoms with Crippen molar-refractivity contribution in [3.8, 4) is 0 Å². The third-order valence-electron chi connectivity index (χ3n) is 3.87. The Morgan fingerprint density at radius 1 is 1.40 bits per heavy atom. The lowest BCUT2D eigenvalue weighted by molar-refractivity contribution is 0.0218. The van der Waals surface area contributed by atoms with Crippen molar-refractivity contribution in [3.63, 3.8) is 0 Å². The molecule has 1 heterocycles. The van der Waals surface area contributed by atoms with Gasteiger partial charge in [-0.2, -0.15) is 0 Å². The Morgan fingerprint density at radius 2 is 2.08 bits per heavy atom. The molecule has 1 N–H and O–H groups in total. The zero-order valence-corrected chi connectivity index (χ0v) is 17.4. The molecular weight excluding hydrogens is 408 g/mol. The van der Waals surface area contributed by atoms with Crippen LogP contribution in [0.1, 0.15) is 32.8 Å². The Balaban J connectivity index is 2.24. The number of halogens is 1. The number of carbonyl (C=O) groups is 1. The molecule has 0 saturated carbocycles. The van der Waals surface area contributed by atoms with Crippen LogP contribution in [0.15, 0.2) is 28.7 Å². The smallest absolute Gasteiger partial charge is 0.410 e. The Morgan fingerprint density at radius 3 is 2.64 bits per heavy atom. The van der Waals surface area contributed by atoms with Gasteiger partial charge in [0.1, 0.15) is 5.60 Å². The van der Waals surface area contributed by atoms with Crippen LogP contribution in [0.3, 0.4) is 0 Å². The summed E-state index contributed by atoms with van der Waals surface area (Å²) in [6.07, 6.45) is 1.83. The third kappa shape index (κ3) is 6.27. The van der Waals surface area contributed by atoms with Gasteiger partial charge in [-0.15, -0.1) is 0 Å². The molecule has 0 aromatic heterocycles. The van der Waals surface area contributed by atoms with Gasteiger partial charge in [0, 0.05) is 17.1 Å². The van der Waals surface area contributed by atoms with Gasteiger partial charge in [0.2, 0.25) is 10.0 Å². The Bertz CT molecular complexity index is 730. The Labute approximate surface area is 158 Å². The summed E-state index contributed by atoms with van der Waals surface area (Å²) in [5.74, 6) is 0. The second kappa shape index (κ2) is 7.63. The zero-order valence-electron chi connectivity index (χ0n) is 15.0. The molecule has 8 heteroatoms. The Kier molecular flexibility index (Phi) is 6.17. The maximum Gasteiger partial charge on any atom is 0.410 e. The highest BCUT2D eigenvalue weighted by Gasteiger charge is 2.40. The van der Waals surface area contributed by atoms with Gasteiger partial charge in [-0.25, -0.2) is 17.9 Å². The summed E-state index contributed by atoms with van der Waals surface area (Å²) in [4.78, 5) is 14.2. The largest absolute Gasteiger partial charge is 0.444 e. The fourth-order valence-electron chi connectivity index (χ4n) is 2.97. The van der Waals surface area contributed by atoms with Crippen molar-refractivity contribution >= 4 is 32.0 Å². The average molecular weight is 433 g/mol. The van der Waals surface area contributed by atoms with Crippen molar-refractivity contribution < 1.29 is 17.9 Å². The van der Waals surface area contributed by atoms with Gasteiger partial charge in [-0.3, -0.25) is 0 Å². The fraction of sp³-hybridized carbons (Fsp3) is 0.588. The number of hydrogen-bond donors (Lipinski definition) is 1. The second-order valence-electron chi connectivity index (χ2n) is 7.36. The molecule has 1 aromatic rings. The molecule has 0 aliphatic carbocycles. The van der Waals surface area contributed by atoms with E-state index in [1.54, 1.807) is 4.90 Å². The van der Waals surface area contributed by atoms with Crippen LogP contribution >= 0.6 is 15.9 Å². The predicted molar refractivity (Wildman–Crippen MR) is 101 cm³/mol. The van der Waals surface area contributed by atoms with Crippen LogP contribution in [0.25, 0.3) is 0 Å². The third-order valence-corrected chi connectivity index (χ3v) is 5.10. The van der Waals surface area contributed by atoms with Crippen LogP contribution in [0.4, 0.5) is 4.79 Å². The summed E-state index contributed by atoms with van der Waals surface area (Å²) in [5, 5.41) is 0. The zero-order chi connectivity index (χ0) is 18.8. The quantitative estimate of drug-likeness (QED) is 0.793. The van der Waals surface area contributed by atoms with E-state index < -0.39 is 21.7 Å². The molecule has 1 amide bonds. The van der Waals surface area contributed by atoms with Gasteiger partial charge in [-0.05, 0) is 51.3 Å². The molecule has 0 radical (unpaired) electrons. The number of carbonyl (C=O) groups excluding carboxylic acids is 1. The van der Waals surface area contributed by atoms with Crippen LogP contribution in [-0.4, -0.2) is 49.9 Å². The van der Waals surface area contributed by atoms with Crippen LogP contribution in [0.5, 0.6) is 0 Å². The second-order valence-corrected chi connectivity index (χ2v) is 10.1. The minimum Gasteiger partial charge on any atom is -0.444 e. The van der Waals surface area contributed by atoms with E-state index in [0.29, 0.717) is 19.4 Å². The van der Waals surface area contributed by atoms with E-state index >= 15 is 0 Å². The van der Waals surface area contributed by atoms with Crippen LogP contribution in [0.2, 0.25) is 0 Å². The first-order valence-electron chi connectivity index (χ1n) is 8.16. The molecule has 2 rings (SSSR count). The van der Waals surface area contributed by atoms with Gasteiger partial charge >= 0.3 is 6.09 Å². The summed E-state index contributed by atoms with van der Waals surface area (Å²) in [7, 11) is -3.36. The van der Waals surface area contributed by atoms with E-state index in [9.17, 15) is 13.2 Å². The van der Waals surface area contributed by atoms with Crippen molar-refractivity contribution in [1.29, 1.82) is 0 Å². The maximum absolute atomic E-state index is 12.6. The van der Waals surface area contributed by atoms with Gasteiger partial charge in [0.25, 0.3) is 0 Å². The van der Waals surface area contributed by atoms with Crippen molar-refractivity contribution in [2.45, 2.75) is 51.3 Å². The molecule has 1 saturated heterocycles. The maximum atomic E-state index is 12.6. The summed E-state index contributed by atoms with van der Waals surface area (Å²) >= 11 is 3.44. The first-order chi connectivity index (χ1) is 11.4. The predicted octanol–water partition coefficient (Wildman–Crippen LogP) is 2.92. The normalized spacial score (nSPS) is 21.4. The summed E-state index contributed by atoms with van der Waals surface area (Å²) < 4.78 is 32.5. The number of ether oxygens (including phenoxy) is 1. The van der Waals surface area contributed by atoms with Gasteiger partial charge in [-0.1, -0.05) is 28.1 Å². The number of nitrogens with zero attached hydrogens (tertiary/aromatic N) is 1. The molecule has 2 unspecified atom stereocenters. The standard InChI is InChI=1S/C17H25BrN2O4S/c1-17(2,3)24-16(21)20-9-8-14(19-25(4,22)23)15(20)11-12-6-5-7-13(18)10-12/h5-7,10,14-15,19H,8-9,11H2,1-4H3. The molecule has 1 fully saturated rings. The molecule has 0 spiro atoms. The highest BCUT2D eigenvalue weighted by Crippen LogP contribution is 2.26. The number of amides is 1. The highest BCUT2D eigenvalue weighted by molar-refractivity contribution is 9.10. The van der Waals surface area contributed by atoms with Gasteiger partial charge < -0.3 is 9.64 Å². The average Bonchev–Trinajstić information content (AvgIpc) is 2.78. The van der Waals surface area contributed by atoms with Crippen LogP contribution < -0.4 is 4.72 Å². The van der Waals surface area contributed by atoms with E-state index in [4.69, 9.17) is 4.74 Å². The van der Waals surface area contributed by atoms with Crippen molar-refractivity contribution in [1.82, 2.24) is 9.62 Å². The van der Waals surface area contributed by atoms with E-state index in [0.717, 1.165) is 16.3 Å². The molecule has 2 atom stereocenters. The first-order valence-corrected chi connectivity index (χ1v) is 10.8. The number of benzene rings is 1. The molecule has 140 valence electrons. The number of sulfonamides is 1. The lowest BCUT2D eigenvalue weighted by Gasteiger charge is -2.31. The number of hydrogen-bond acceptors (Lipinski definition) is 4. The SMILES string of the molecule is CC(C)(C)OC(=O)N1CCC(NS(C)(=O)=O)C1Cc1cccc(Br)c1. The molecule has 1 aliphatic heterocycles. The van der Waals surface area contributed by atoms with E-state index in [2.05, 4.69) is 20.7 Å². The van der Waals surface area contributed by atoms with Crippen LogP contribution in [0, 0.1) is 0 Å². The minimum absolute atomic E-state index is 0.293. The fourth-order valence-corrected chi connectivity index (χ4v) is 4.24. The van der Waals surface area contributed by atoms with Crippen LogP contribution in [-0.2, 0) is 21.2 Å². The molecule has 0 bridgehead atoms. The molecule has 1 aliphatic rings. The topological polar surface area (TPSA) is 75.7 Å². The molecule has 1 aromatic carbocycles. The molecule has 25 heavy (non-hydrogen) atoms. The summed E-state index contributed by atoms with van der Waals surface area (Å²) in [6.45, 7) is 5.91.